The van der Waals surface area contributed by atoms with Gasteiger partial charge in [0.05, 0.1) is 5.69 Å². The van der Waals surface area contributed by atoms with Crippen LogP contribution in [-0.4, -0.2) is 29.3 Å². The third kappa shape index (κ3) is 4.42. The van der Waals surface area contributed by atoms with Crippen molar-refractivity contribution in [3.8, 4) is 0 Å². The molecule has 0 unspecified atom stereocenters. The van der Waals surface area contributed by atoms with Gasteiger partial charge < -0.3 is 9.47 Å². The molecular weight excluding hydrogens is 228 g/mol. The molecule has 0 amide bonds. The summed E-state index contributed by atoms with van der Waals surface area (Å²) in [4.78, 5) is 0. The summed E-state index contributed by atoms with van der Waals surface area (Å²) in [5.41, 5.74) is 2.45. The number of nitrogens with zero attached hydrogens (tertiary/aromatic N) is 2. The lowest BCUT2D eigenvalue weighted by Crippen LogP contribution is -2.20. The quantitative estimate of drug-likeness (QED) is 0.636. The van der Waals surface area contributed by atoms with Crippen LogP contribution < -0.4 is 0 Å². The van der Waals surface area contributed by atoms with Crippen LogP contribution in [0.4, 0.5) is 0 Å². The van der Waals surface area contributed by atoms with Gasteiger partial charge in [0.15, 0.2) is 6.29 Å². The smallest absolute Gasteiger partial charge is 0.159 e. The molecule has 0 spiro atoms. The van der Waals surface area contributed by atoms with E-state index in [1.54, 1.807) is 0 Å². The molecule has 0 saturated heterocycles. The number of hydrogen-bond acceptors (Lipinski definition) is 3. The summed E-state index contributed by atoms with van der Waals surface area (Å²) in [6, 6.07) is 2.19. The van der Waals surface area contributed by atoms with Crippen LogP contribution in [0, 0.1) is 0 Å². The molecule has 1 heterocycles. The molecule has 0 saturated carbocycles. The Hall–Kier alpha value is -0.870. The minimum absolute atomic E-state index is 0.112. The number of aryl methyl sites for hydroxylation is 3. The molecule has 0 atom stereocenters. The second-order valence-corrected chi connectivity index (χ2v) is 4.19. The zero-order valence-corrected chi connectivity index (χ0v) is 12.1. The van der Waals surface area contributed by atoms with Crippen LogP contribution in [0.15, 0.2) is 6.07 Å². The molecule has 104 valence electrons. The fourth-order valence-electron chi connectivity index (χ4n) is 1.98. The van der Waals surface area contributed by atoms with Gasteiger partial charge in [-0.3, -0.25) is 4.68 Å². The van der Waals surface area contributed by atoms with Crippen molar-refractivity contribution in [2.24, 2.45) is 0 Å². The van der Waals surface area contributed by atoms with Gasteiger partial charge in [0.1, 0.15) is 0 Å². The van der Waals surface area contributed by atoms with Gasteiger partial charge in [-0.1, -0.05) is 13.8 Å². The SMILES string of the molecule is CCOC(CCn1nc(CC)cc1CC)OCC. The van der Waals surface area contributed by atoms with Crippen molar-refractivity contribution in [2.75, 3.05) is 13.2 Å². The molecular formula is C14H26N2O2. The fraction of sp³-hybridized carbons (Fsp3) is 0.786. The highest BCUT2D eigenvalue weighted by atomic mass is 16.7. The minimum atomic E-state index is -0.112. The largest absolute Gasteiger partial charge is 0.353 e. The van der Waals surface area contributed by atoms with Gasteiger partial charge in [0.2, 0.25) is 0 Å². The summed E-state index contributed by atoms with van der Waals surface area (Å²) in [6.45, 7) is 10.5. The van der Waals surface area contributed by atoms with Gasteiger partial charge in [0.25, 0.3) is 0 Å². The van der Waals surface area contributed by atoms with E-state index >= 15 is 0 Å². The molecule has 18 heavy (non-hydrogen) atoms. The van der Waals surface area contributed by atoms with Crippen molar-refractivity contribution in [3.63, 3.8) is 0 Å². The lowest BCUT2D eigenvalue weighted by Gasteiger charge is -2.17. The molecule has 0 aliphatic carbocycles. The van der Waals surface area contributed by atoms with Crippen LogP contribution >= 0.6 is 0 Å². The van der Waals surface area contributed by atoms with E-state index in [9.17, 15) is 0 Å². The first-order valence-corrected chi connectivity index (χ1v) is 7.03. The third-order valence-electron chi connectivity index (χ3n) is 2.92. The van der Waals surface area contributed by atoms with E-state index in [-0.39, 0.29) is 6.29 Å². The maximum atomic E-state index is 5.55. The first kappa shape index (κ1) is 15.2. The maximum absolute atomic E-state index is 5.55. The first-order valence-electron chi connectivity index (χ1n) is 7.03. The highest BCUT2D eigenvalue weighted by Gasteiger charge is 2.11. The molecule has 0 fully saturated rings. The Morgan fingerprint density at radius 1 is 1.11 bits per heavy atom. The van der Waals surface area contributed by atoms with Gasteiger partial charge in [-0.2, -0.15) is 5.10 Å². The van der Waals surface area contributed by atoms with Crippen molar-refractivity contribution in [1.29, 1.82) is 0 Å². The Bertz CT molecular complexity index is 331. The normalized spacial score (nSPS) is 11.4. The molecule has 0 aliphatic rings. The molecule has 1 rings (SSSR count). The van der Waals surface area contributed by atoms with Crippen LogP contribution in [-0.2, 0) is 28.9 Å². The predicted molar refractivity (Wildman–Crippen MR) is 72.6 cm³/mol. The van der Waals surface area contributed by atoms with Crippen LogP contribution in [0.2, 0.25) is 0 Å². The van der Waals surface area contributed by atoms with Gasteiger partial charge in [-0.15, -0.1) is 0 Å². The Morgan fingerprint density at radius 3 is 2.28 bits per heavy atom. The van der Waals surface area contributed by atoms with E-state index in [0.717, 1.165) is 31.5 Å². The monoisotopic (exact) mass is 254 g/mol. The molecule has 0 N–H and O–H groups in total. The van der Waals surface area contributed by atoms with E-state index < -0.39 is 0 Å². The average molecular weight is 254 g/mol. The Morgan fingerprint density at radius 2 is 1.78 bits per heavy atom. The standard InChI is InChI=1S/C14H26N2O2/c1-5-12-11-13(6-2)16(15-12)10-9-14(17-7-3)18-8-4/h11,14H,5-10H2,1-4H3. The van der Waals surface area contributed by atoms with E-state index in [2.05, 4.69) is 29.7 Å². The number of hydrogen-bond donors (Lipinski definition) is 0. The lowest BCUT2D eigenvalue weighted by molar-refractivity contribution is -0.141. The topological polar surface area (TPSA) is 36.3 Å². The van der Waals surface area contributed by atoms with E-state index in [1.807, 2.05) is 13.8 Å². The number of rotatable bonds is 9. The lowest BCUT2D eigenvalue weighted by atomic mass is 10.2. The van der Waals surface area contributed by atoms with Gasteiger partial charge in [0, 0.05) is 31.9 Å². The van der Waals surface area contributed by atoms with Crippen molar-refractivity contribution in [1.82, 2.24) is 9.78 Å². The Balaban J connectivity index is 2.57. The number of ether oxygens (including phenoxy) is 2. The Labute approximate surface area is 110 Å². The average Bonchev–Trinajstić information content (AvgIpc) is 2.79. The molecule has 0 aliphatic heterocycles. The van der Waals surface area contributed by atoms with Crippen molar-refractivity contribution in [2.45, 2.75) is 59.8 Å². The second-order valence-electron chi connectivity index (χ2n) is 4.19. The highest BCUT2D eigenvalue weighted by Crippen LogP contribution is 2.09. The molecule has 1 aromatic rings. The summed E-state index contributed by atoms with van der Waals surface area (Å²) in [5, 5.41) is 4.60. The molecule has 1 aromatic heterocycles. The summed E-state index contributed by atoms with van der Waals surface area (Å²) in [7, 11) is 0. The van der Waals surface area contributed by atoms with Crippen LogP contribution in [0.5, 0.6) is 0 Å². The third-order valence-corrected chi connectivity index (χ3v) is 2.92. The molecule has 0 aromatic carbocycles. The second kappa shape index (κ2) is 8.27. The van der Waals surface area contributed by atoms with Crippen molar-refractivity contribution >= 4 is 0 Å². The predicted octanol–water partition coefficient (Wildman–Crippen LogP) is 2.80. The molecule has 4 nitrogen and oxygen atoms in total. The fourth-order valence-corrected chi connectivity index (χ4v) is 1.98. The Kier molecular flexibility index (Phi) is 6.98. The summed E-state index contributed by atoms with van der Waals surface area (Å²) >= 11 is 0. The van der Waals surface area contributed by atoms with Crippen molar-refractivity contribution in [3.05, 3.63) is 17.5 Å². The molecule has 0 radical (unpaired) electrons. The van der Waals surface area contributed by atoms with Crippen LogP contribution in [0.25, 0.3) is 0 Å². The maximum Gasteiger partial charge on any atom is 0.159 e. The zero-order chi connectivity index (χ0) is 13.4. The van der Waals surface area contributed by atoms with Crippen LogP contribution in [0.3, 0.4) is 0 Å². The van der Waals surface area contributed by atoms with Gasteiger partial charge >= 0.3 is 0 Å². The van der Waals surface area contributed by atoms with Gasteiger partial charge in [-0.05, 0) is 32.8 Å². The summed E-state index contributed by atoms with van der Waals surface area (Å²) in [5.74, 6) is 0. The molecule has 0 bridgehead atoms. The minimum Gasteiger partial charge on any atom is -0.353 e. The van der Waals surface area contributed by atoms with Gasteiger partial charge in [-0.25, -0.2) is 0 Å². The van der Waals surface area contributed by atoms with Crippen LogP contribution in [0.1, 0.15) is 45.5 Å². The summed E-state index contributed by atoms with van der Waals surface area (Å²) in [6.07, 6.45) is 2.74. The van der Waals surface area contributed by atoms with E-state index in [4.69, 9.17) is 9.47 Å². The number of aromatic nitrogens is 2. The zero-order valence-electron chi connectivity index (χ0n) is 12.1. The van der Waals surface area contributed by atoms with E-state index in [0.29, 0.717) is 13.2 Å². The molecule has 4 heteroatoms. The highest BCUT2D eigenvalue weighted by molar-refractivity contribution is 5.10. The summed E-state index contributed by atoms with van der Waals surface area (Å²) < 4.78 is 13.2. The van der Waals surface area contributed by atoms with E-state index in [1.165, 1.54) is 5.69 Å². The van der Waals surface area contributed by atoms with Crippen molar-refractivity contribution < 1.29 is 9.47 Å². The first-order chi connectivity index (χ1) is 8.74.